The molecular formula is C18H9F2NO3. The summed E-state index contributed by atoms with van der Waals surface area (Å²) in [5.41, 5.74) is -0.268. The van der Waals surface area contributed by atoms with Crippen molar-refractivity contribution in [2.75, 3.05) is 0 Å². The van der Waals surface area contributed by atoms with Crippen LogP contribution in [0.5, 0.6) is 5.88 Å². The van der Waals surface area contributed by atoms with Gasteiger partial charge in [0.2, 0.25) is 5.88 Å². The molecule has 0 aliphatic heterocycles. The Morgan fingerprint density at radius 1 is 0.917 bits per heavy atom. The van der Waals surface area contributed by atoms with E-state index in [-0.39, 0.29) is 17.0 Å². The normalized spacial score (nSPS) is 10.1. The summed E-state index contributed by atoms with van der Waals surface area (Å²) in [6.07, 6.45) is 0. The molecule has 0 aliphatic carbocycles. The van der Waals surface area contributed by atoms with E-state index in [1.807, 2.05) is 0 Å². The Balaban J connectivity index is 1.97. The molecule has 0 radical (unpaired) electrons. The minimum Gasteiger partial charge on any atom is -0.493 e. The van der Waals surface area contributed by atoms with E-state index in [0.717, 1.165) is 12.1 Å². The van der Waals surface area contributed by atoms with Gasteiger partial charge in [-0.15, -0.1) is 0 Å². The lowest BCUT2D eigenvalue weighted by molar-refractivity contribution is 0.412. The van der Waals surface area contributed by atoms with Gasteiger partial charge in [0.15, 0.2) is 0 Å². The molecule has 1 N–H and O–H groups in total. The molecule has 3 rings (SSSR count). The first kappa shape index (κ1) is 15.4. The molecule has 6 heteroatoms. The molecule has 1 aromatic heterocycles. The van der Waals surface area contributed by atoms with Crippen LogP contribution in [0.15, 0.2) is 57.7 Å². The van der Waals surface area contributed by atoms with Gasteiger partial charge in [0, 0.05) is 5.56 Å². The van der Waals surface area contributed by atoms with Crippen molar-refractivity contribution < 1.29 is 18.3 Å². The number of aromatic hydroxyl groups is 1. The highest BCUT2D eigenvalue weighted by molar-refractivity contribution is 5.66. The van der Waals surface area contributed by atoms with E-state index in [4.69, 9.17) is 4.42 Å². The zero-order valence-corrected chi connectivity index (χ0v) is 12.1. The largest absolute Gasteiger partial charge is 0.493 e. The Hall–Kier alpha value is -3.46. The van der Waals surface area contributed by atoms with Crippen LogP contribution in [-0.2, 0) is 0 Å². The van der Waals surface area contributed by atoms with Gasteiger partial charge in [-0.3, -0.25) is 0 Å². The predicted molar refractivity (Wildman–Crippen MR) is 82.2 cm³/mol. The molecule has 1 heterocycles. The van der Waals surface area contributed by atoms with Crippen molar-refractivity contribution >= 4 is 0 Å². The molecule has 0 fully saturated rings. The second-order valence-corrected chi connectivity index (χ2v) is 4.77. The van der Waals surface area contributed by atoms with Crippen LogP contribution in [0.25, 0.3) is 11.1 Å². The molecule has 3 aromatic rings. The molecule has 118 valence electrons. The molecule has 0 atom stereocenters. The van der Waals surface area contributed by atoms with Gasteiger partial charge in [0.25, 0.3) is 5.89 Å². The summed E-state index contributed by atoms with van der Waals surface area (Å²) < 4.78 is 30.7. The molecule has 0 bridgehead atoms. The van der Waals surface area contributed by atoms with Gasteiger partial charge in [-0.1, -0.05) is 18.1 Å². The summed E-state index contributed by atoms with van der Waals surface area (Å²) in [4.78, 5) is 15.7. The molecule has 0 saturated carbocycles. The molecule has 4 nitrogen and oxygen atoms in total. The van der Waals surface area contributed by atoms with Crippen LogP contribution in [0.2, 0.25) is 0 Å². The van der Waals surface area contributed by atoms with E-state index in [1.165, 1.54) is 36.4 Å². The van der Waals surface area contributed by atoms with Gasteiger partial charge in [-0.25, -0.2) is 13.6 Å². The predicted octanol–water partition coefficient (Wildman–Crippen LogP) is 3.09. The summed E-state index contributed by atoms with van der Waals surface area (Å²) in [5.74, 6) is 3.39. The molecule has 24 heavy (non-hydrogen) atoms. The fourth-order valence-corrected chi connectivity index (χ4v) is 1.98. The average molecular weight is 325 g/mol. The van der Waals surface area contributed by atoms with Crippen LogP contribution in [0.1, 0.15) is 11.5 Å². The second-order valence-electron chi connectivity index (χ2n) is 4.77. The van der Waals surface area contributed by atoms with Crippen LogP contribution in [0.4, 0.5) is 8.78 Å². The number of benzene rings is 2. The van der Waals surface area contributed by atoms with E-state index in [1.54, 1.807) is 0 Å². The topological polar surface area (TPSA) is 63.3 Å². The van der Waals surface area contributed by atoms with E-state index in [0.29, 0.717) is 5.56 Å². The lowest BCUT2D eigenvalue weighted by atomic mass is 10.1. The van der Waals surface area contributed by atoms with Gasteiger partial charge in [0.1, 0.15) is 17.2 Å². The summed E-state index contributed by atoms with van der Waals surface area (Å²) in [6, 6.07) is 10.3. The van der Waals surface area contributed by atoms with Gasteiger partial charge in [-0.05, 0) is 47.9 Å². The van der Waals surface area contributed by atoms with Crippen molar-refractivity contribution in [1.82, 2.24) is 4.98 Å². The third kappa shape index (κ3) is 3.31. The number of nitrogens with zero attached hydrogens (tertiary/aromatic N) is 1. The highest BCUT2D eigenvalue weighted by Gasteiger charge is 2.14. The maximum Gasteiger partial charge on any atom is 0.351 e. The number of hydrogen-bond acceptors (Lipinski definition) is 4. The van der Waals surface area contributed by atoms with Gasteiger partial charge in [0.05, 0.1) is 0 Å². The lowest BCUT2D eigenvalue weighted by Crippen LogP contribution is -2.06. The van der Waals surface area contributed by atoms with Crippen molar-refractivity contribution in [2.24, 2.45) is 0 Å². The maximum absolute atomic E-state index is 12.9. The van der Waals surface area contributed by atoms with Crippen molar-refractivity contribution in [1.29, 1.82) is 0 Å². The van der Waals surface area contributed by atoms with Gasteiger partial charge in [-0.2, -0.15) is 4.98 Å². The molecule has 0 spiro atoms. The van der Waals surface area contributed by atoms with Crippen LogP contribution in [-0.4, -0.2) is 10.1 Å². The summed E-state index contributed by atoms with van der Waals surface area (Å²) in [7, 11) is 0. The molecular weight excluding hydrogens is 316 g/mol. The smallest absolute Gasteiger partial charge is 0.351 e. The van der Waals surface area contributed by atoms with Crippen molar-refractivity contribution in [3.05, 3.63) is 82.0 Å². The summed E-state index contributed by atoms with van der Waals surface area (Å²) in [5, 5.41) is 9.95. The molecule has 0 aliphatic rings. The fraction of sp³-hybridized carbons (Fsp3) is 0. The summed E-state index contributed by atoms with van der Waals surface area (Å²) in [6.45, 7) is 0. The SMILES string of the molecule is O=c1oc(C#Cc2ccc(F)cc2)nc(O)c1-c1ccc(F)cc1. The highest BCUT2D eigenvalue weighted by atomic mass is 19.1. The number of aromatic nitrogens is 1. The van der Waals surface area contributed by atoms with Crippen molar-refractivity contribution in [2.45, 2.75) is 0 Å². The van der Waals surface area contributed by atoms with Crippen molar-refractivity contribution in [3.63, 3.8) is 0 Å². The molecule has 0 unspecified atom stereocenters. The van der Waals surface area contributed by atoms with Crippen molar-refractivity contribution in [3.8, 4) is 28.8 Å². The Kier molecular flexibility index (Phi) is 4.08. The highest BCUT2D eigenvalue weighted by Crippen LogP contribution is 2.23. The number of rotatable bonds is 1. The Bertz CT molecular complexity index is 998. The molecule has 0 amide bonds. The lowest BCUT2D eigenvalue weighted by Gasteiger charge is -2.02. The Morgan fingerprint density at radius 3 is 2.08 bits per heavy atom. The first-order valence-corrected chi connectivity index (χ1v) is 6.80. The van der Waals surface area contributed by atoms with E-state index in [2.05, 4.69) is 16.8 Å². The molecule has 2 aromatic carbocycles. The fourth-order valence-electron chi connectivity index (χ4n) is 1.98. The quantitative estimate of drug-likeness (QED) is 0.698. The second kappa shape index (κ2) is 6.34. The molecule has 0 saturated heterocycles. The number of hydrogen-bond donors (Lipinski definition) is 1. The van der Waals surface area contributed by atoms with Crippen LogP contribution in [0, 0.1) is 23.5 Å². The monoisotopic (exact) mass is 325 g/mol. The minimum absolute atomic E-state index is 0.178. The zero-order valence-electron chi connectivity index (χ0n) is 12.1. The minimum atomic E-state index is -0.850. The third-order valence-corrected chi connectivity index (χ3v) is 3.12. The zero-order chi connectivity index (χ0) is 17.1. The van der Waals surface area contributed by atoms with E-state index < -0.39 is 23.1 Å². The van der Waals surface area contributed by atoms with Crippen LogP contribution in [0.3, 0.4) is 0 Å². The third-order valence-electron chi connectivity index (χ3n) is 3.12. The van der Waals surface area contributed by atoms with Gasteiger partial charge < -0.3 is 9.52 Å². The average Bonchev–Trinajstić information content (AvgIpc) is 2.55. The van der Waals surface area contributed by atoms with E-state index >= 15 is 0 Å². The van der Waals surface area contributed by atoms with Gasteiger partial charge >= 0.3 is 5.63 Å². The number of halogens is 2. The van der Waals surface area contributed by atoms with E-state index in [9.17, 15) is 18.7 Å². The maximum atomic E-state index is 12.9. The Morgan fingerprint density at radius 2 is 1.50 bits per heavy atom. The van der Waals surface area contributed by atoms with Crippen LogP contribution < -0.4 is 5.63 Å². The first-order chi connectivity index (χ1) is 11.5. The Labute approximate surface area is 135 Å². The van der Waals surface area contributed by atoms with Crippen LogP contribution >= 0.6 is 0 Å². The first-order valence-electron chi connectivity index (χ1n) is 6.80. The standard InChI is InChI=1S/C18H9F2NO3/c19-13-6-1-11(2-7-13)3-10-15-21-17(22)16(18(23)24-15)12-4-8-14(20)9-5-12/h1-2,4-9,22H. The summed E-state index contributed by atoms with van der Waals surface area (Å²) >= 11 is 0.